The van der Waals surface area contributed by atoms with Gasteiger partial charge in [-0.3, -0.25) is 0 Å². The highest BCUT2D eigenvalue weighted by molar-refractivity contribution is 5.89. The van der Waals surface area contributed by atoms with Crippen LogP contribution in [0.5, 0.6) is 0 Å². The van der Waals surface area contributed by atoms with Crippen molar-refractivity contribution in [3.63, 3.8) is 0 Å². The molecule has 2 rings (SSSR count). The minimum absolute atomic E-state index is 0.0916. The van der Waals surface area contributed by atoms with E-state index < -0.39 is 11.9 Å². The molecule has 39 heavy (non-hydrogen) atoms. The van der Waals surface area contributed by atoms with Crippen LogP contribution in [0, 0.1) is 29.6 Å². The van der Waals surface area contributed by atoms with Crippen molar-refractivity contribution in [3.05, 3.63) is 23.3 Å². The normalized spacial score (nSPS) is 24.0. The van der Waals surface area contributed by atoms with Gasteiger partial charge in [0.05, 0.1) is 37.6 Å². The van der Waals surface area contributed by atoms with Crippen molar-refractivity contribution in [1.82, 2.24) is 0 Å². The van der Waals surface area contributed by atoms with Crippen LogP contribution in [0.4, 0.5) is 0 Å². The van der Waals surface area contributed by atoms with Gasteiger partial charge >= 0.3 is 11.9 Å². The Labute approximate surface area is 237 Å². The van der Waals surface area contributed by atoms with Gasteiger partial charge in [-0.2, -0.15) is 0 Å². The largest absolute Gasteiger partial charge is 0.462 e. The van der Waals surface area contributed by atoms with Crippen LogP contribution >= 0.6 is 0 Å². The maximum atomic E-state index is 12.5. The molecule has 0 aromatic rings. The molecule has 6 nitrogen and oxygen atoms in total. The van der Waals surface area contributed by atoms with Gasteiger partial charge < -0.3 is 19.3 Å². The molecule has 6 heteroatoms. The van der Waals surface area contributed by atoms with Gasteiger partial charge in [-0.25, -0.2) is 9.59 Å². The first-order chi connectivity index (χ1) is 18.8. The predicted octanol–water partition coefficient (Wildman–Crippen LogP) is 7.19. The summed E-state index contributed by atoms with van der Waals surface area (Å²) < 4.78 is 16.0. The summed E-state index contributed by atoms with van der Waals surface area (Å²) in [6.07, 6.45) is 18.4. The van der Waals surface area contributed by atoms with Crippen LogP contribution in [-0.4, -0.2) is 50.6 Å². The highest BCUT2D eigenvalue weighted by Crippen LogP contribution is 2.43. The number of aliphatic hydroxyl groups is 1. The lowest BCUT2D eigenvalue weighted by Crippen LogP contribution is -2.27. The SMILES string of the molecule is C=C(COC)C(=O)OCC(CCC1CCC(C2CCC(CCCCC)CC2)CC1)COC(=O)C(CO)=C(C)C. The third-order valence-corrected chi connectivity index (χ3v) is 9.16. The van der Waals surface area contributed by atoms with Crippen molar-refractivity contribution in [2.45, 2.75) is 111 Å². The van der Waals surface area contributed by atoms with Gasteiger partial charge in [0.2, 0.25) is 0 Å². The molecule has 224 valence electrons. The number of methoxy groups -OCH3 is 1. The third-order valence-electron chi connectivity index (χ3n) is 9.16. The summed E-state index contributed by atoms with van der Waals surface area (Å²) in [5.74, 6) is 2.40. The van der Waals surface area contributed by atoms with Gasteiger partial charge in [-0.1, -0.05) is 70.4 Å². The quantitative estimate of drug-likeness (QED) is 0.118. The monoisotopic (exact) mass is 548 g/mol. The third kappa shape index (κ3) is 12.2. The molecular weight excluding hydrogens is 492 g/mol. The average Bonchev–Trinajstić information content (AvgIpc) is 2.93. The van der Waals surface area contributed by atoms with Crippen LogP contribution in [0.3, 0.4) is 0 Å². The summed E-state index contributed by atoms with van der Waals surface area (Å²) in [5.41, 5.74) is 1.30. The summed E-state index contributed by atoms with van der Waals surface area (Å²) >= 11 is 0. The fourth-order valence-corrected chi connectivity index (χ4v) is 6.50. The average molecular weight is 549 g/mol. The molecule has 0 radical (unpaired) electrons. The van der Waals surface area contributed by atoms with E-state index in [9.17, 15) is 14.7 Å². The summed E-state index contributed by atoms with van der Waals surface area (Å²) in [4.78, 5) is 24.7. The molecule has 0 amide bonds. The van der Waals surface area contributed by atoms with Crippen LogP contribution in [0.1, 0.15) is 111 Å². The van der Waals surface area contributed by atoms with Gasteiger partial charge in [-0.05, 0) is 76.0 Å². The molecule has 0 saturated heterocycles. The number of ether oxygens (including phenoxy) is 3. The van der Waals surface area contributed by atoms with E-state index in [2.05, 4.69) is 13.5 Å². The van der Waals surface area contributed by atoms with Gasteiger partial charge in [0.15, 0.2) is 0 Å². The van der Waals surface area contributed by atoms with E-state index in [1.807, 2.05) is 0 Å². The number of carbonyl (C=O) groups is 2. The van der Waals surface area contributed by atoms with E-state index in [-0.39, 0.29) is 43.5 Å². The van der Waals surface area contributed by atoms with Crippen molar-refractivity contribution >= 4 is 11.9 Å². The van der Waals surface area contributed by atoms with Crippen LogP contribution < -0.4 is 0 Å². The number of unbranched alkanes of at least 4 members (excludes halogenated alkanes) is 2. The number of allylic oxidation sites excluding steroid dienone is 1. The van der Waals surface area contributed by atoms with E-state index in [1.165, 1.54) is 84.2 Å². The first kappa shape index (κ1) is 33.5. The zero-order valence-corrected chi connectivity index (χ0v) is 25.3. The van der Waals surface area contributed by atoms with E-state index >= 15 is 0 Å². The molecule has 0 bridgehead atoms. The second-order valence-corrected chi connectivity index (χ2v) is 12.4. The summed E-state index contributed by atoms with van der Waals surface area (Å²) in [7, 11) is 1.51. The molecule has 2 aliphatic carbocycles. The van der Waals surface area contributed by atoms with Crippen molar-refractivity contribution < 1.29 is 28.9 Å². The molecule has 2 saturated carbocycles. The zero-order valence-electron chi connectivity index (χ0n) is 25.3. The number of rotatable bonds is 17. The highest BCUT2D eigenvalue weighted by Gasteiger charge is 2.31. The van der Waals surface area contributed by atoms with Crippen molar-refractivity contribution in [3.8, 4) is 0 Å². The van der Waals surface area contributed by atoms with E-state index in [4.69, 9.17) is 14.2 Å². The molecule has 1 N–H and O–H groups in total. The van der Waals surface area contributed by atoms with Crippen LogP contribution in [0.15, 0.2) is 23.3 Å². The number of hydrogen-bond donors (Lipinski definition) is 1. The maximum Gasteiger partial charge on any atom is 0.336 e. The summed E-state index contributed by atoms with van der Waals surface area (Å²) in [5, 5.41) is 9.52. The topological polar surface area (TPSA) is 82.1 Å². The highest BCUT2D eigenvalue weighted by atomic mass is 16.5. The molecule has 2 fully saturated rings. The molecule has 1 atom stereocenters. The van der Waals surface area contributed by atoms with E-state index in [0.717, 1.165) is 36.2 Å². The van der Waals surface area contributed by atoms with Gasteiger partial charge in [0, 0.05) is 13.0 Å². The standard InChI is InChI=1S/C33H56O6/c1-6-7-8-9-26-12-16-29(17-13-26)30-18-14-27(15-19-30)10-11-28(22-38-32(35)25(4)21-37-5)23-39-33(36)31(20-34)24(2)3/h26-30,34H,4,6-23H2,1-3,5H3. The van der Waals surface area contributed by atoms with Gasteiger partial charge in [-0.15, -0.1) is 0 Å². The Balaban J connectivity index is 1.80. The molecule has 0 heterocycles. The lowest BCUT2D eigenvalue weighted by molar-refractivity contribution is -0.145. The first-order valence-electron chi connectivity index (χ1n) is 15.6. The minimum Gasteiger partial charge on any atom is -0.462 e. The lowest BCUT2D eigenvalue weighted by Gasteiger charge is -2.38. The lowest BCUT2D eigenvalue weighted by atomic mass is 9.68. The Morgan fingerprint density at radius 1 is 0.846 bits per heavy atom. The number of carbonyl (C=O) groups excluding carboxylic acids is 2. The second-order valence-electron chi connectivity index (χ2n) is 12.4. The molecule has 0 spiro atoms. The summed E-state index contributed by atoms with van der Waals surface area (Å²) in [6, 6.07) is 0. The Morgan fingerprint density at radius 2 is 1.38 bits per heavy atom. The Bertz CT molecular complexity index is 767. The van der Waals surface area contributed by atoms with Crippen molar-refractivity contribution in [2.24, 2.45) is 29.6 Å². The fraction of sp³-hybridized carbons (Fsp3) is 0.818. The second kappa shape index (κ2) is 18.6. The maximum absolute atomic E-state index is 12.5. The molecule has 0 aliphatic heterocycles. The predicted molar refractivity (Wildman–Crippen MR) is 156 cm³/mol. The number of hydrogen-bond acceptors (Lipinski definition) is 6. The number of esters is 2. The summed E-state index contributed by atoms with van der Waals surface area (Å²) in [6.45, 7) is 9.69. The Hall–Kier alpha value is -1.66. The van der Waals surface area contributed by atoms with Crippen LogP contribution in [0.2, 0.25) is 0 Å². The van der Waals surface area contributed by atoms with Gasteiger partial charge in [0.1, 0.15) is 0 Å². The van der Waals surface area contributed by atoms with Crippen LogP contribution in [-0.2, 0) is 23.8 Å². The van der Waals surface area contributed by atoms with Gasteiger partial charge in [0.25, 0.3) is 0 Å². The first-order valence-corrected chi connectivity index (χ1v) is 15.6. The number of aliphatic hydroxyl groups excluding tert-OH is 1. The van der Waals surface area contributed by atoms with Crippen LogP contribution in [0.25, 0.3) is 0 Å². The van der Waals surface area contributed by atoms with Crippen molar-refractivity contribution in [2.75, 3.05) is 33.5 Å². The Morgan fingerprint density at radius 3 is 1.87 bits per heavy atom. The molecule has 2 aliphatic rings. The smallest absolute Gasteiger partial charge is 0.336 e. The van der Waals surface area contributed by atoms with E-state index in [1.54, 1.807) is 13.8 Å². The zero-order chi connectivity index (χ0) is 28.6. The Kier molecular flexibility index (Phi) is 16.0. The molecular formula is C33H56O6. The molecule has 0 aromatic heterocycles. The minimum atomic E-state index is -0.502. The molecule has 0 aromatic carbocycles. The van der Waals surface area contributed by atoms with Crippen molar-refractivity contribution in [1.29, 1.82) is 0 Å². The molecule has 1 unspecified atom stereocenters. The van der Waals surface area contributed by atoms with E-state index in [0.29, 0.717) is 5.92 Å². The fourth-order valence-electron chi connectivity index (χ4n) is 6.50.